The van der Waals surface area contributed by atoms with Crippen molar-refractivity contribution in [1.82, 2.24) is 4.57 Å². The fourth-order valence-electron chi connectivity index (χ4n) is 8.13. The average molecular weight is 581 g/mol. The number of hydrogen-bond donors (Lipinski definition) is 0. The van der Waals surface area contributed by atoms with Crippen LogP contribution in [0.3, 0.4) is 0 Å². The average Bonchev–Trinajstić information content (AvgIpc) is 3.75. The second kappa shape index (κ2) is 9.61. The summed E-state index contributed by atoms with van der Waals surface area (Å²) in [6.45, 7) is 0. The van der Waals surface area contributed by atoms with Gasteiger partial charge in [0.05, 0.1) is 11.6 Å². The van der Waals surface area contributed by atoms with Crippen LogP contribution in [0.2, 0.25) is 0 Å². The molecule has 0 saturated heterocycles. The lowest BCUT2D eigenvalue weighted by atomic mass is 9.88. The fourth-order valence-corrected chi connectivity index (χ4v) is 8.13. The van der Waals surface area contributed by atoms with E-state index in [-0.39, 0.29) is 0 Å². The van der Waals surface area contributed by atoms with Crippen molar-refractivity contribution in [2.24, 2.45) is 0 Å². The highest BCUT2D eigenvalue weighted by Crippen LogP contribution is 2.48. The van der Waals surface area contributed by atoms with Crippen molar-refractivity contribution in [3.8, 4) is 5.69 Å². The zero-order chi connectivity index (χ0) is 29.5. The molecule has 3 heterocycles. The van der Waals surface area contributed by atoms with Crippen LogP contribution >= 0.6 is 0 Å². The molecular weight excluding hydrogens is 548 g/mol. The van der Waals surface area contributed by atoms with E-state index in [0.717, 1.165) is 43.3 Å². The van der Waals surface area contributed by atoms with Gasteiger partial charge in [0.2, 0.25) is 0 Å². The van der Waals surface area contributed by atoms with Gasteiger partial charge in [-0.3, -0.25) is 0 Å². The maximum Gasteiger partial charge on any atom is 0.135 e. The van der Waals surface area contributed by atoms with Gasteiger partial charge in [-0.05, 0) is 103 Å². The molecule has 2 aromatic heterocycles. The molecule has 4 aliphatic rings. The number of furan rings is 1. The largest absolute Gasteiger partial charge is 0.456 e. The van der Waals surface area contributed by atoms with E-state index in [1.165, 1.54) is 72.3 Å². The molecule has 1 atom stereocenters. The van der Waals surface area contributed by atoms with Gasteiger partial charge in [0.25, 0.3) is 0 Å². The van der Waals surface area contributed by atoms with Crippen LogP contribution in [-0.2, 0) is 6.42 Å². The van der Waals surface area contributed by atoms with Gasteiger partial charge in [-0.15, -0.1) is 0 Å². The predicted octanol–water partition coefficient (Wildman–Crippen LogP) is 10.8. The second-order valence-electron chi connectivity index (χ2n) is 12.7. The van der Waals surface area contributed by atoms with Crippen LogP contribution in [0.4, 0.5) is 5.69 Å². The van der Waals surface area contributed by atoms with Crippen molar-refractivity contribution < 1.29 is 4.42 Å². The number of anilines is 1. The van der Waals surface area contributed by atoms with Gasteiger partial charge in [-0.25, -0.2) is 0 Å². The first-order chi connectivity index (χ1) is 22.3. The quantitative estimate of drug-likeness (QED) is 0.208. The molecule has 0 radical (unpaired) electrons. The van der Waals surface area contributed by atoms with E-state index in [2.05, 4.69) is 131 Å². The summed E-state index contributed by atoms with van der Waals surface area (Å²) in [7, 11) is 0. The third-order valence-corrected chi connectivity index (χ3v) is 10.2. The number of para-hydroxylation sites is 2. The molecule has 0 spiro atoms. The molecule has 3 nitrogen and oxygen atoms in total. The number of allylic oxidation sites excluding steroid dienone is 6. The van der Waals surface area contributed by atoms with Crippen molar-refractivity contribution in [3.05, 3.63) is 149 Å². The lowest BCUT2D eigenvalue weighted by molar-refractivity contribution is 0.669. The smallest absolute Gasteiger partial charge is 0.135 e. The number of rotatable bonds is 3. The highest BCUT2D eigenvalue weighted by Gasteiger charge is 2.36. The molecule has 0 bridgehead atoms. The Morgan fingerprint density at radius 3 is 2.56 bits per heavy atom. The highest BCUT2D eigenvalue weighted by atomic mass is 16.3. The summed E-state index contributed by atoms with van der Waals surface area (Å²) in [4.78, 5) is 2.56. The molecule has 6 aromatic rings. The Morgan fingerprint density at radius 1 is 0.711 bits per heavy atom. The molecule has 0 amide bonds. The summed E-state index contributed by atoms with van der Waals surface area (Å²) in [6, 6.07) is 31.4. The number of nitrogens with zero attached hydrogens (tertiary/aromatic N) is 2. The van der Waals surface area contributed by atoms with E-state index in [1.54, 1.807) is 0 Å². The minimum absolute atomic E-state index is 0.342. The van der Waals surface area contributed by atoms with Gasteiger partial charge in [0, 0.05) is 50.1 Å². The van der Waals surface area contributed by atoms with E-state index in [9.17, 15) is 0 Å². The van der Waals surface area contributed by atoms with Gasteiger partial charge in [0.1, 0.15) is 11.2 Å². The Morgan fingerprint density at radius 2 is 1.60 bits per heavy atom. The molecule has 10 rings (SSSR count). The molecule has 0 saturated carbocycles. The molecule has 1 aliphatic heterocycles. The van der Waals surface area contributed by atoms with E-state index in [4.69, 9.17) is 4.42 Å². The number of hydrogen-bond acceptors (Lipinski definition) is 2. The molecule has 4 aromatic carbocycles. The van der Waals surface area contributed by atoms with Crippen molar-refractivity contribution in [2.75, 3.05) is 4.90 Å². The summed E-state index contributed by atoms with van der Waals surface area (Å²) in [5, 5.41) is 3.66. The minimum atomic E-state index is 0.342. The van der Waals surface area contributed by atoms with E-state index >= 15 is 0 Å². The molecule has 45 heavy (non-hydrogen) atoms. The first-order valence-electron chi connectivity index (χ1n) is 16.2. The first kappa shape index (κ1) is 25.1. The van der Waals surface area contributed by atoms with Gasteiger partial charge < -0.3 is 13.9 Å². The van der Waals surface area contributed by atoms with Crippen molar-refractivity contribution in [1.29, 1.82) is 0 Å². The van der Waals surface area contributed by atoms with Crippen LogP contribution in [-0.4, -0.2) is 10.6 Å². The Balaban J connectivity index is 1.09. The Bertz CT molecular complexity index is 2370. The SMILES string of the molecule is C1=CC(N2c3ccccc3C3=CC(c4ccc5c(c4)c4c(n5-c5ccc6oc7ccccc7c6c5)CCC=C4)=CCC32)=CCC1. The summed E-state index contributed by atoms with van der Waals surface area (Å²) >= 11 is 0. The summed E-state index contributed by atoms with van der Waals surface area (Å²) < 4.78 is 8.64. The Labute approximate surface area is 262 Å². The van der Waals surface area contributed by atoms with E-state index in [1.807, 2.05) is 6.07 Å². The van der Waals surface area contributed by atoms with Crippen molar-refractivity contribution >= 4 is 55.8 Å². The molecule has 3 heteroatoms. The zero-order valence-corrected chi connectivity index (χ0v) is 25.0. The van der Waals surface area contributed by atoms with Crippen LogP contribution in [0.1, 0.15) is 48.1 Å². The van der Waals surface area contributed by atoms with Crippen LogP contribution < -0.4 is 4.90 Å². The van der Waals surface area contributed by atoms with Gasteiger partial charge >= 0.3 is 0 Å². The van der Waals surface area contributed by atoms with Gasteiger partial charge in [0.15, 0.2) is 0 Å². The minimum Gasteiger partial charge on any atom is -0.456 e. The third kappa shape index (κ3) is 3.70. The maximum atomic E-state index is 6.16. The van der Waals surface area contributed by atoms with Crippen LogP contribution in [0.15, 0.2) is 131 Å². The normalized spacial score (nSPS) is 18.6. The highest BCUT2D eigenvalue weighted by molar-refractivity contribution is 6.06. The monoisotopic (exact) mass is 580 g/mol. The predicted molar refractivity (Wildman–Crippen MR) is 188 cm³/mol. The number of benzene rings is 4. The first-order valence-corrected chi connectivity index (χ1v) is 16.2. The summed E-state index contributed by atoms with van der Waals surface area (Å²) in [5.74, 6) is 0. The molecule has 216 valence electrons. The molecule has 3 aliphatic carbocycles. The molecule has 0 N–H and O–H groups in total. The molecule has 1 unspecified atom stereocenters. The third-order valence-electron chi connectivity index (χ3n) is 10.2. The number of aromatic nitrogens is 1. The maximum absolute atomic E-state index is 6.16. The van der Waals surface area contributed by atoms with Crippen molar-refractivity contribution in [3.63, 3.8) is 0 Å². The lowest BCUT2D eigenvalue weighted by Gasteiger charge is -2.31. The fraction of sp³-hybridized carbons (Fsp3) is 0.143. The summed E-state index contributed by atoms with van der Waals surface area (Å²) in [5.41, 5.74) is 15.1. The summed E-state index contributed by atoms with van der Waals surface area (Å²) in [6.07, 6.45) is 22.0. The van der Waals surface area contributed by atoms with Crippen LogP contribution in [0.5, 0.6) is 0 Å². The van der Waals surface area contributed by atoms with Gasteiger partial charge in [-0.1, -0.05) is 72.8 Å². The van der Waals surface area contributed by atoms with Gasteiger partial charge in [-0.2, -0.15) is 0 Å². The zero-order valence-electron chi connectivity index (χ0n) is 25.0. The Hall–Kier alpha value is -5.28. The molecule has 0 fully saturated rings. The standard InChI is InChI=1S/C42H32N2O/c1-2-10-29(11-3-1)43-37-15-7-4-12-31(37)34-24-27(18-21-39(34)43)28-19-22-40-35(25-28)32-13-5-8-16-38(32)44(40)30-20-23-42-36(26-30)33-14-6-9-17-41(33)45-42/h2,4-7,9-15,17-20,22-26,39H,1,3,8,16,21H2. The number of fused-ring (bicyclic) bond motifs is 9. The Kier molecular flexibility index (Phi) is 5.36. The van der Waals surface area contributed by atoms with Crippen LogP contribution in [0.25, 0.3) is 55.8 Å². The van der Waals surface area contributed by atoms with E-state index in [0.29, 0.717) is 6.04 Å². The lowest BCUT2D eigenvalue weighted by Crippen LogP contribution is -2.31. The van der Waals surface area contributed by atoms with Crippen molar-refractivity contribution in [2.45, 2.75) is 38.1 Å². The topological polar surface area (TPSA) is 21.3 Å². The van der Waals surface area contributed by atoms with Crippen LogP contribution in [0, 0.1) is 0 Å². The second-order valence-corrected chi connectivity index (χ2v) is 12.7. The molecular formula is C42H32N2O. The van der Waals surface area contributed by atoms with E-state index < -0.39 is 0 Å².